The van der Waals surface area contributed by atoms with Crippen molar-refractivity contribution in [2.24, 2.45) is 0 Å². The average Bonchev–Trinajstić information content (AvgIpc) is 2.43. The summed E-state index contributed by atoms with van der Waals surface area (Å²) in [7, 11) is 4.12. The third kappa shape index (κ3) is 4.86. The van der Waals surface area contributed by atoms with Gasteiger partial charge in [0, 0.05) is 21.1 Å². The van der Waals surface area contributed by atoms with Crippen molar-refractivity contribution in [3.63, 3.8) is 0 Å². The van der Waals surface area contributed by atoms with Gasteiger partial charge in [-0.1, -0.05) is 0 Å². The zero-order chi connectivity index (χ0) is 16.2. The fraction of sp³-hybridized carbons (Fsp3) is 0.700. The monoisotopic (exact) mass is 310 g/mol. The fourth-order valence-electron chi connectivity index (χ4n) is 1.32. The lowest BCUT2D eigenvalue weighted by Crippen LogP contribution is -2.34. The van der Waals surface area contributed by atoms with Crippen LogP contribution in [0.2, 0.25) is 0 Å². The number of anilines is 3. The van der Waals surface area contributed by atoms with E-state index in [1.165, 1.54) is 30.9 Å². The fourth-order valence-corrected chi connectivity index (χ4v) is 1.32. The topological polar surface area (TPSA) is 88.8 Å². The van der Waals surface area contributed by atoms with Gasteiger partial charge in [0.1, 0.15) is 20.0 Å². The molecule has 0 spiro atoms. The molecule has 1 heterocycles. The van der Waals surface area contributed by atoms with Crippen molar-refractivity contribution in [1.82, 2.24) is 15.0 Å². The van der Waals surface area contributed by atoms with Crippen LogP contribution in [0.1, 0.15) is 0 Å². The summed E-state index contributed by atoms with van der Waals surface area (Å²) < 4.78 is 37.3. The molecule has 21 heavy (non-hydrogen) atoms. The molecule has 0 aliphatic carbocycles. The number of aliphatic hydroxyl groups excluding tert-OH is 2. The van der Waals surface area contributed by atoms with E-state index < -0.39 is 26.2 Å². The summed E-state index contributed by atoms with van der Waals surface area (Å²) in [4.78, 5) is 14.9. The quantitative estimate of drug-likeness (QED) is 0.689. The van der Waals surface area contributed by atoms with E-state index in [0.29, 0.717) is 0 Å². The second-order valence-corrected chi connectivity index (χ2v) is 4.39. The second kappa shape index (κ2) is 6.72. The number of hydrogen-bond donors (Lipinski definition) is 2. The number of aromatic nitrogens is 3. The molecule has 0 aliphatic heterocycles. The van der Waals surface area contributed by atoms with Crippen LogP contribution in [-0.2, 0) is 0 Å². The summed E-state index contributed by atoms with van der Waals surface area (Å²) in [5.41, 5.74) is 0. The molecule has 0 amide bonds. The first kappa shape index (κ1) is 17.2. The van der Waals surface area contributed by atoms with Gasteiger partial charge in [-0.25, -0.2) is 0 Å². The SMILES string of the molecule is CN(CO)c1nc(N(C)CO)nc(N(C)CC(F)(F)F)n1. The molecule has 0 saturated carbocycles. The molecular weight excluding hydrogens is 293 g/mol. The summed E-state index contributed by atoms with van der Waals surface area (Å²) in [5.74, 6) is -0.230. The maximum Gasteiger partial charge on any atom is 0.406 e. The second-order valence-electron chi connectivity index (χ2n) is 4.39. The minimum Gasteiger partial charge on any atom is -0.376 e. The van der Waals surface area contributed by atoms with E-state index in [4.69, 9.17) is 10.2 Å². The van der Waals surface area contributed by atoms with Crippen molar-refractivity contribution in [2.75, 3.05) is 55.8 Å². The Labute approximate surface area is 119 Å². The molecule has 0 fully saturated rings. The number of hydrogen-bond acceptors (Lipinski definition) is 8. The van der Waals surface area contributed by atoms with Crippen LogP contribution in [0.25, 0.3) is 0 Å². The van der Waals surface area contributed by atoms with Gasteiger partial charge >= 0.3 is 6.18 Å². The molecule has 0 unspecified atom stereocenters. The van der Waals surface area contributed by atoms with Crippen LogP contribution in [0.15, 0.2) is 0 Å². The van der Waals surface area contributed by atoms with Gasteiger partial charge in [0.05, 0.1) is 0 Å². The highest BCUT2D eigenvalue weighted by Crippen LogP contribution is 2.21. The van der Waals surface area contributed by atoms with E-state index in [0.717, 1.165) is 4.90 Å². The maximum atomic E-state index is 12.4. The molecule has 0 aromatic carbocycles. The molecule has 1 aromatic heterocycles. The molecule has 11 heteroatoms. The Morgan fingerprint density at radius 1 is 0.810 bits per heavy atom. The van der Waals surface area contributed by atoms with Crippen molar-refractivity contribution >= 4 is 17.8 Å². The Bertz CT molecular complexity index is 444. The summed E-state index contributed by atoms with van der Waals surface area (Å²) >= 11 is 0. The Morgan fingerprint density at radius 3 is 1.43 bits per heavy atom. The van der Waals surface area contributed by atoms with E-state index in [1.54, 1.807) is 0 Å². The summed E-state index contributed by atoms with van der Waals surface area (Å²) in [6.45, 7) is -2.08. The molecule has 0 bridgehead atoms. The highest BCUT2D eigenvalue weighted by Gasteiger charge is 2.31. The van der Waals surface area contributed by atoms with Crippen molar-refractivity contribution in [3.05, 3.63) is 0 Å². The van der Waals surface area contributed by atoms with Crippen molar-refractivity contribution in [3.8, 4) is 0 Å². The highest BCUT2D eigenvalue weighted by molar-refractivity contribution is 5.45. The first-order valence-corrected chi connectivity index (χ1v) is 5.86. The van der Waals surface area contributed by atoms with Crippen LogP contribution in [0.5, 0.6) is 0 Å². The van der Waals surface area contributed by atoms with Gasteiger partial charge in [0.15, 0.2) is 0 Å². The first-order valence-electron chi connectivity index (χ1n) is 5.86. The van der Waals surface area contributed by atoms with E-state index in [-0.39, 0.29) is 17.8 Å². The third-order valence-electron chi connectivity index (χ3n) is 2.46. The van der Waals surface area contributed by atoms with Crippen LogP contribution in [0.4, 0.5) is 31.0 Å². The summed E-state index contributed by atoms with van der Waals surface area (Å²) in [6, 6.07) is 0. The molecule has 0 atom stereocenters. The van der Waals surface area contributed by atoms with Gasteiger partial charge in [0.2, 0.25) is 17.8 Å². The van der Waals surface area contributed by atoms with Gasteiger partial charge in [-0.3, -0.25) is 0 Å². The smallest absolute Gasteiger partial charge is 0.376 e. The van der Waals surface area contributed by atoms with Crippen LogP contribution in [-0.4, -0.2) is 72.5 Å². The van der Waals surface area contributed by atoms with Gasteiger partial charge in [-0.05, 0) is 0 Å². The van der Waals surface area contributed by atoms with E-state index in [9.17, 15) is 13.2 Å². The lowest BCUT2D eigenvalue weighted by Gasteiger charge is -2.23. The van der Waals surface area contributed by atoms with E-state index in [1.807, 2.05) is 0 Å². The Kier molecular flexibility index (Phi) is 5.49. The lowest BCUT2D eigenvalue weighted by molar-refractivity contribution is -0.119. The molecule has 0 radical (unpaired) electrons. The van der Waals surface area contributed by atoms with Crippen molar-refractivity contribution in [1.29, 1.82) is 0 Å². The normalized spacial score (nSPS) is 11.4. The van der Waals surface area contributed by atoms with Crippen molar-refractivity contribution < 1.29 is 23.4 Å². The van der Waals surface area contributed by atoms with Crippen LogP contribution >= 0.6 is 0 Å². The standard InChI is InChI=1S/C10H17F3N6O2/c1-17(4-10(11,12)13)7-14-8(18(2)5-20)16-9(15-7)19(3)6-21/h20-21H,4-6H2,1-3H3. The zero-order valence-corrected chi connectivity index (χ0v) is 11.8. The number of aliphatic hydroxyl groups is 2. The minimum absolute atomic E-state index is 0.00757. The minimum atomic E-state index is -4.41. The number of nitrogens with zero attached hydrogens (tertiary/aromatic N) is 6. The first-order chi connectivity index (χ1) is 9.67. The van der Waals surface area contributed by atoms with E-state index >= 15 is 0 Å². The predicted molar refractivity (Wildman–Crippen MR) is 70.1 cm³/mol. The third-order valence-corrected chi connectivity index (χ3v) is 2.46. The Morgan fingerprint density at radius 2 is 1.14 bits per heavy atom. The molecular formula is C10H17F3N6O2. The van der Waals surface area contributed by atoms with Crippen LogP contribution < -0.4 is 14.7 Å². The van der Waals surface area contributed by atoms with Crippen molar-refractivity contribution in [2.45, 2.75) is 6.18 Å². The molecule has 1 aromatic rings. The molecule has 1 rings (SSSR count). The van der Waals surface area contributed by atoms with Gasteiger partial charge in [0.25, 0.3) is 0 Å². The van der Waals surface area contributed by atoms with Crippen LogP contribution in [0.3, 0.4) is 0 Å². The Hall–Kier alpha value is -1.88. The molecule has 2 N–H and O–H groups in total. The highest BCUT2D eigenvalue weighted by atomic mass is 19.4. The number of alkyl halides is 3. The van der Waals surface area contributed by atoms with E-state index in [2.05, 4.69) is 15.0 Å². The molecule has 120 valence electrons. The van der Waals surface area contributed by atoms with Gasteiger partial charge in [-0.2, -0.15) is 28.1 Å². The Balaban J connectivity index is 3.18. The summed E-state index contributed by atoms with van der Waals surface area (Å²) in [5, 5.41) is 18.1. The average molecular weight is 310 g/mol. The van der Waals surface area contributed by atoms with Gasteiger partial charge < -0.3 is 24.9 Å². The number of rotatable bonds is 6. The molecule has 0 saturated heterocycles. The maximum absolute atomic E-state index is 12.4. The number of halogens is 3. The molecule has 0 aliphatic rings. The largest absolute Gasteiger partial charge is 0.406 e. The summed E-state index contributed by atoms with van der Waals surface area (Å²) in [6.07, 6.45) is -4.41. The van der Waals surface area contributed by atoms with Gasteiger partial charge in [-0.15, -0.1) is 0 Å². The van der Waals surface area contributed by atoms with Crippen LogP contribution in [0, 0.1) is 0 Å². The lowest BCUT2D eigenvalue weighted by atomic mass is 10.5. The zero-order valence-electron chi connectivity index (χ0n) is 11.8. The molecule has 8 nitrogen and oxygen atoms in total. The predicted octanol–water partition coefficient (Wildman–Crippen LogP) is -0.358.